The topological polar surface area (TPSA) is 58.3 Å². The second kappa shape index (κ2) is 5.55. The number of nitrogens with two attached hydrogens (primary N) is 1. The van der Waals surface area contributed by atoms with Crippen molar-refractivity contribution < 1.29 is 5.11 Å². The quantitative estimate of drug-likeness (QED) is 0.642. The van der Waals surface area contributed by atoms with Gasteiger partial charge >= 0.3 is 0 Å². The lowest BCUT2D eigenvalue weighted by molar-refractivity contribution is 0.234. The Bertz CT molecular complexity index is 280. The molecule has 0 radical (unpaired) electrons. The fourth-order valence-electron chi connectivity index (χ4n) is 3.39. The van der Waals surface area contributed by atoms with Crippen molar-refractivity contribution in [2.24, 2.45) is 17.6 Å². The van der Waals surface area contributed by atoms with Crippen molar-refractivity contribution >= 4 is 15.2 Å². The predicted octanol–water partition coefficient (Wildman–Crippen LogP) is 0.978. The van der Waals surface area contributed by atoms with E-state index in [2.05, 4.69) is 11.1 Å². The number of piperidine rings is 1. The monoisotopic (exact) mass is 238 g/mol. The summed E-state index contributed by atoms with van der Waals surface area (Å²) in [5.41, 5.74) is 6.76. The number of allylic oxidation sites excluding steroid dienone is 1. The Morgan fingerprint density at radius 2 is 2.31 bits per heavy atom. The molecule has 1 fully saturated rings. The molecule has 2 aliphatic rings. The number of nitrogens with one attached hydrogen (secondary N) is 1. The maximum absolute atomic E-state index is 9.84. The Morgan fingerprint density at radius 1 is 1.50 bits per heavy atom. The second-order valence-corrected chi connectivity index (χ2v) is 6.89. The van der Waals surface area contributed by atoms with Gasteiger partial charge in [0.1, 0.15) is 0 Å². The molecule has 1 heterocycles. The molecule has 0 aromatic heterocycles. The smallest absolute Gasteiger partial charge is 0.260 e. The Labute approximate surface area is 104 Å². The number of hydrogen-bond acceptors (Lipinski definition) is 3. The summed E-state index contributed by atoms with van der Waals surface area (Å²) in [6.07, 6.45) is 4.56. The van der Waals surface area contributed by atoms with Crippen LogP contribution in [0.15, 0.2) is 11.3 Å². The first-order valence-electron chi connectivity index (χ1n) is 6.59. The van der Waals surface area contributed by atoms with Crippen molar-refractivity contribution in [2.45, 2.75) is 36.4 Å². The van der Waals surface area contributed by atoms with Crippen LogP contribution in [0, 0.1) is 11.8 Å². The summed E-state index contributed by atoms with van der Waals surface area (Å²) in [5.74, 6) is 4.43. The summed E-state index contributed by atoms with van der Waals surface area (Å²) in [7, 11) is 0. The maximum Gasteiger partial charge on any atom is 0.260 e. The van der Waals surface area contributed by atoms with E-state index < -0.39 is 0 Å². The van der Waals surface area contributed by atoms with Crippen LogP contribution >= 0.6 is 0 Å². The standard InChI is InChI=1S/C11H19N2O.CH3.Al.H/c12-6-10-4-9(5-11(10)14)8-2-1-3-13-7-8;;;/h7-9,13-14H,1-6,12H2;1H3;;. The van der Waals surface area contributed by atoms with Crippen molar-refractivity contribution in [3.8, 4) is 0 Å². The molecule has 0 aromatic carbocycles. The highest BCUT2D eigenvalue weighted by Crippen LogP contribution is 2.38. The zero-order valence-electron chi connectivity index (χ0n) is 10.2. The highest BCUT2D eigenvalue weighted by atomic mass is 27.1. The fourth-order valence-corrected chi connectivity index (χ4v) is 5.11. The van der Waals surface area contributed by atoms with E-state index >= 15 is 0 Å². The van der Waals surface area contributed by atoms with Gasteiger partial charge in [-0.05, 0) is 48.1 Å². The molecule has 16 heavy (non-hydrogen) atoms. The third kappa shape index (κ3) is 2.46. The van der Waals surface area contributed by atoms with Crippen LogP contribution in [0.5, 0.6) is 0 Å². The van der Waals surface area contributed by atoms with Crippen molar-refractivity contribution in [2.75, 3.05) is 13.1 Å². The third-order valence-electron chi connectivity index (χ3n) is 4.30. The van der Waals surface area contributed by atoms with Crippen LogP contribution in [0.2, 0.25) is 5.79 Å². The molecular formula is C12H23AlN2O. The first-order valence-corrected chi connectivity index (χ1v) is 8.82. The number of aliphatic hydroxyl groups excluding tert-OH is 1. The van der Waals surface area contributed by atoms with Crippen molar-refractivity contribution in [1.29, 1.82) is 0 Å². The Kier molecular flexibility index (Phi) is 4.32. The summed E-state index contributed by atoms with van der Waals surface area (Å²) in [4.78, 5) is 0.781. The molecule has 0 amide bonds. The molecule has 0 aromatic rings. The summed E-state index contributed by atoms with van der Waals surface area (Å²) < 4.78 is 0. The van der Waals surface area contributed by atoms with Crippen LogP contribution in [0.3, 0.4) is 0 Å². The SMILES string of the molecule is [CH3][AlH][CH]1NCCCC1C1CC(O)=C(CN)C1. The van der Waals surface area contributed by atoms with Gasteiger partial charge in [0.25, 0.3) is 15.2 Å². The van der Waals surface area contributed by atoms with E-state index in [1.165, 1.54) is 19.4 Å². The molecule has 4 heteroatoms. The maximum atomic E-state index is 9.84. The van der Waals surface area contributed by atoms with Crippen LogP contribution in [-0.2, 0) is 0 Å². The first kappa shape index (κ1) is 12.4. The number of aliphatic hydroxyl groups is 1. The molecule has 90 valence electrons. The van der Waals surface area contributed by atoms with Crippen molar-refractivity contribution in [1.82, 2.24) is 5.32 Å². The molecule has 1 saturated heterocycles. The molecule has 0 saturated carbocycles. The molecule has 4 N–H and O–H groups in total. The zero-order chi connectivity index (χ0) is 11.5. The predicted molar refractivity (Wildman–Crippen MR) is 69.0 cm³/mol. The Balaban J connectivity index is 1.98. The van der Waals surface area contributed by atoms with Gasteiger partial charge in [0, 0.05) is 13.0 Å². The van der Waals surface area contributed by atoms with Gasteiger partial charge in [-0.1, -0.05) is 0 Å². The largest absolute Gasteiger partial charge is 0.512 e. The number of rotatable bonds is 3. The molecule has 3 atom stereocenters. The minimum absolute atomic E-state index is 0.00449. The minimum atomic E-state index is 0.00449. The van der Waals surface area contributed by atoms with E-state index in [0.29, 0.717) is 18.2 Å². The first-order chi connectivity index (χ1) is 7.76. The Hall–Kier alpha value is -0.00753. The molecule has 0 bridgehead atoms. The van der Waals surface area contributed by atoms with E-state index in [4.69, 9.17) is 5.73 Å². The van der Waals surface area contributed by atoms with E-state index in [1.807, 2.05) is 0 Å². The van der Waals surface area contributed by atoms with Gasteiger partial charge in [-0.25, -0.2) is 0 Å². The summed E-state index contributed by atoms with van der Waals surface area (Å²) >= 11 is 0.00449. The van der Waals surface area contributed by atoms with Crippen molar-refractivity contribution in [3.63, 3.8) is 0 Å². The van der Waals surface area contributed by atoms with Crippen LogP contribution in [0.4, 0.5) is 0 Å². The summed E-state index contributed by atoms with van der Waals surface area (Å²) in [6.45, 7) is 1.73. The van der Waals surface area contributed by atoms with Crippen LogP contribution in [0.25, 0.3) is 0 Å². The minimum Gasteiger partial charge on any atom is -0.512 e. The van der Waals surface area contributed by atoms with Gasteiger partial charge in [0.2, 0.25) is 0 Å². The van der Waals surface area contributed by atoms with Gasteiger partial charge in [-0.3, -0.25) is 0 Å². The normalized spacial score (nSPS) is 35.5. The van der Waals surface area contributed by atoms with Crippen molar-refractivity contribution in [3.05, 3.63) is 11.3 Å². The summed E-state index contributed by atoms with van der Waals surface area (Å²) in [5, 5.41) is 13.5. The van der Waals surface area contributed by atoms with E-state index in [9.17, 15) is 5.11 Å². The van der Waals surface area contributed by atoms with Gasteiger partial charge in [-0.2, -0.15) is 0 Å². The van der Waals surface area contributed by atoms with Crippen LogP contribution in [-0.4, -0.2) is 38.3 Å². The van der Waals surface area contributed by atoms with Crippen LogP contribution < -0.4 is 11.1 Å². The third-order valence-corrected chi connectivity index (χ3v) is 6.08. The highest BCUT2D eigenvalue weighted by Gasteiger charge is 2.35. The number of hydrogen-bond donors (Lipinski definition) is 3. The van der Waals surface area contributed by atoms with Gasteiger partial charge < -0.3 is 16.2 Å². The zero-order valence-corrected chi connectivity index (χ0v) is 11.6. The second-order valence-electron chi connectivity index (χ2n) is 5.20. The molecule has 1 aliphatic heterocycles. The average molecular weight is 238 g/mol. The van der Waals surface area contributed by atoms with Gasteiger partial charge in [-0.15, -0.1) is 5.79 Å². The molecule has 3 nitrogen and oxygen atoms in total. The lowest BCUT2D eigenvalue weighted by atomic mass is 9.83. The van der Waals surface area contributed by atoms with Gasteiger partial charge in [0.05, 0.1) is 5.76 Å². The van der Waals surface area contributed by atoms with E-state index in [-0.39, 0.29) is 15.2 Å². The lowest BCUT2D eigenvalue weighted by Gasteiger charge is -2.36. The lowest BCUT2D eigenvalue weighted by Crippen LogP contribution is -2.47. The molecule has 2 rings (SSSR count). The van der Waals surface area contributed by atoms with Crippen LogP contribution in [0.1, 0.15) is 25.7 Å². The summed E-state index contributed by atoms with van der Waals surface area (Å²) in [6, 6.07) is 0. The van der Waals surface area contributed by atoms with E-state index in [1.54, 1.807) is 0 Å². The molecule has 1 aliphatic carbocycles. The Morgan fingerprint density at radius 3 is 2.94 bits per heavy atom. The average Bonchev–Trinajstić information content (AvgIpc) is 2.70. The fraction of sp³-hybridized carbons (Fsp3) is 0.833. The highest BCUT2D eigenvalue weighted by molar-refractivity contribution is 6.35. The molecule has 0 spiro atoms. The van der Waals surface area contributed by atoms with E-state index in [0.717, 1.165) is 29.2 Å². The molecular weight excluding hydrogens is 215 g/mol. The molecule has 3 unspecified atom stereocenters. The van der Waals surface area contributed by atoms with Gasteiger partial charge in [0.15, 0.2) is 0 Å².